The number of aromatic nitrogens is 5. The summed E-state index contributed by atoms with van der Waals surface area (Å²) in [6, 6.07) is 2.13. The molecule has 1 aliphatic rings. The van der Waals surface area contributed by atoms with Gasteiger partial charge in [0, 0.05) is 38.9 Å². The highest BCUT2D eigenvalue weighted by atomic mass is 16.3. The minimum absolute atomic E-state index is 0.0339. The fourth-order valence-corrected chi connectivity index (χ4v) is 3.28. The van der Waals surface area contributed by atoms with Gasteiger partial charge in [-0.3, -0.25) is 9.48 Å². The summed E-state index contributed by atoms with van der Waals surface area (Å²) in [6.07, 6.45) is 7.63. The predicted molar refractivity (Wildman–Crippen MR) is 98.2 cm³/mol. The van der Waals surface area contributed by atoms with Gasteiger partial charge >= 0.3 is 0 Å². The molecule has 3 aromatic heterocycles. The van der Waals surface area contributed by atoms with Crippen molar-refractivity contribution in [2.75, 3.05) is 24.5 Å². The fourth-order valence-electron chi connectivity index (χ4n) is 3.28. The van der Waals surface area contributed by atoms with Crippen LogP contribution in [0.15, 0.2) is 35.7 Å². The molecule has 0 N–H and O–H groups in total. The summed E-state index contributed by atoms with van der Waals surface area (Å²) in [6.45, 7) is 3.52. The van der Waals surface area contributed by atoms with Gasteiger partial charge in [0.2, 0.25) is 0 Å². The van der Waals surface area contributed by atoms with Crippen molar-refractivity contribution >= 4 is 11.7 Å². The lowest BCUT2D eigenvalue weighted by molar-refractivity contribution is 0.0720. The number of amides is 1. The highest BCUT2D eigenvalue weighted by Crippen LogP contribution is 2.25. The zero-order valence-corrected chi connectivity index (χ0v) is 15.5. The van der Waals surface area contributed by atoms with Gasteiger partial charge in [-0.25, -0.2) is 15.0 Å². The summed E-state index contributed by atoms with van der Waals surface area (Å²) in [7, 11) is 1.82. The van der Waals surface area contributed by atoms with Crippen LogP contribution in [0.4, 0.5) is 5.82 Å². The van der Waals surface area contributed by atoms with E-state index >= 15 is 0 Å². The number of piperazine rings is 1. The van der Waals surface area contributed by atoms with Gasteiger partial charge in [-0.2, -0.15) is 10.4 Å². The molecule has 4 rings (SSSR count). The van der Waals surface area contributed by atoms with Crippen molar-refractivity contribution in [3.05, 3.63) is 42.5 Å². The van der Waals surface area contributed by atoms with Gasteiger partial charge in [0.25, 0.3) is 5.91 Å². The number of hydrogen-bond donors (Lipinski definition) is 0. The van der Waals surface area contributed by atoms with E-state index in [1.807, 2.05) is 25.1 Å². The van der Waals surface area contributed by atoms with Gasteiger partial charge in [-0.15, -0.1) is 0 Å². The summed E-state index contributed by atoms with van der Waals surface area (Å²) < 4.78 is 6.58. The van der Waals surface area contributed by atoms with E-state index in [1.54, 1.807) is 15.8 Å². The molecule has 1 fully saturated rings. The first-order valence-corrected chi connectivity index (χ1v) is 8.77. The third-order valence-corrected chi connectivity index (χ3v) is 4.69. The molecule has 4 heterocycles. The molecule has 1 unspecified atom stereocenters. The largest absolute Gasteiger partial charge is 0.451 e. The van der Waals surface area contributed by atoms with Crippen molar-refractivity contribution in [2.45, 2.75) is 13.0 Å². The summed E-state index contributed by atoms with van der Waals surface area (Å²) in [5.41, 5.74) is 1.47. The Morgan fingerprint density at radius 2 is 2.18 bits per heavy atom. The van der Waals surface area contributed by atoms with E-state index in [2.05, 4.69) is 26.1 Å². The summed E-state index contributed by atoms with van der Waals surface area (Å²) in [4.78, 5) is 29.1. The number of carbonyl (C=O) groups is 1. The molecule has 1 aliphatic heterocycles. The summed E-state index contributed by atoms with van der Waals surface area (Å²) >= 11 is 0. The lowest BCUT2D eigenvalue weighted by Gasteiger charge is -2.40. The van der Waals surface area contributed by atoms with Crippen LogP contribution in [-0.2, 0) is 7.05 Å². The van der Waals surface area contributed by atoms with Crippen molar-refractivity contribution < 1.29 is 9.21 Å². The van der Waals surface area contributed by atoms with Crippen LogP contribution in [0.3, 0.4) is 0 Å². The second-order valence-electron chi connectivity index (χ2n) is 6.61. The smallest absolute Gasteiger partial charge is 0.275 e. The Morgan fingerprint density at radius 1 is 1.32 bits per heavy atom. The van der Waals surface area contributed by atoms with Crippen LogP contribution < -0.4 is 4.90 Å². The fraction of sp³-hybridized carbons (Fsp3) is 0.333. The molecule has 1 atom stereocenters. The molecule has 1 amide bonds. The van der Waals surface area contributed by atoms with E-state index in [9.17, 15) is 10.1 Å². The van der Waals surface area contributed by atoms with Crippen LogP contribution in [0, 0.1) is 11.3 Å². The van der Waals surface area contributed by atoms with E-state index in [-0.39, 0.29) is 11.9 Å². The first kappa shape index (κ1) is 17.7. The lowest BCUT2D eigenvalue weighted by atomic mass is 10.1. The zero-order valence-electron chi connectivity index (χ0n) is 15.5. The number of carbonyl (C=O) groups excluding carboxylic acids is 1. The topological polar surface area (TPSA) is 117 Å². The number of rotatable bonds is 3. The highest BCUT2D eigenvalue weighted by molar-refractivity contribution is 5.92. The molecule has 0 aromatic carbocycles. The summed E-state index contributed by atoms with van der Waals surface area (Å²) in [5, 5.41) is 13.7. The van der Waals surface area contributed by atoms with Crippen LogP contribution in [-0.4, -0.2) is 61.2 Å². The molecule has 0 aliphatic carbocycles. The van der Waals surface area contributed by atoms with Crippen molar-refractivity contribution in [3.63, 3.8) is 0 Å². The molecule has 10 heteroatoms. The van der Waals surface area contributed by atoms with Crippen LogP contribution >= 0.6 is 0 Å². The average molecular weight is 378 g/mol. The molecule has 10 nitrogen and oxygen atoms in total. The van der Waals surface area contributed by atoms with Gasteiger partial charge < -0.3 is 14.2 Å². The number of nitriles is 1. The van der Waals surface area contributed by atoms with Gasteiger partial charge in [-0.1, -0.05) is 0 Å². The Kier molecular flexibility index (Phi) is 4.49. The summed E-state index contributed by atoms with van der Waals surface area (Å²) in [5.74, 6) is 0.910. The zero-order chi connectivity index (χ0) is 19.7. The Bertz CT molecular complexity index is 1040. The van der Waals surface area contributed by atoms with E-state index < -0.39 is 0 Å². The number of anilines is 1. The Hall–Kier alpha value is -3.74. The monoisotopic (exact) mass is 378 g/mol. The first-order valence-electron chi connectivity index (χ1n) is 8.77. The minimum Gasteiger partial charge on any atom is -0.451 e. The Morgan fingerprint density at radius 3 is 2.82 bits per heavy atom. The Labute approximate surface area is 161 Å². The number of oxazole rings is 1. The van der Waals surface area contributed by atoms with Gasteiger partial charge in [-0.05, 0) is 6.92 Å². The highest BCUT2D eigenvalue weighted by Gasteiger charge is 2.30. The van der Waals surface area contributed by atoms with Crippen molar-refractivity contribution in [3.8, 4) is 17.5 Å². The normalized spacial score (nSPS) is 16.8. The van der Waals surface area contributed by atoms with Crippen molar-refractivity contribution in [2.24, 2.45) is 7.05 Å². The van der Waals surface area contributed by atoms with Crippen LogP contribution in [0.25, 0.3) is 11.4 Å². The molecular formula is C18H18N8O2. The number of aryl methyl sites for hydroxylation is 1. The van der Waals surface area contributed by atoms with Gasteiger partial charge in [0.15, 0.2) is 23.7 Å². The van der Waals surface area contributed by atoms with Gasteiger partial charge in [0.05, 0.1) is 18.0 Å². The third kappa shape index (κ3) is 3.18. The average Bonchev–Trinajstić information content (AvgIpc) is 3.39. The van der Waals surface area contributed by atoms with Gasteiger partial charge in [0.1, 0.15) is 17.9 Å². The third-order valence-electron chi connectivity index (χ3n) is 4.69. The lowest BCUT2D eigenvalue weighted by Crippen LogP contribution is -2.54. The minimum atomic E-state index is -0.167. The van der Waals surface area contributed by atoms with E-state index in [1.165, 1.54) is 18.9 Å². The molecule has 142 valence electrons. The maximum Gasteiger partial charge on any atom is 0.275 e. The SMILES string of the molecule is CC1CN(C(=O)c2cocn2)CCN1c1nc(-c2cnn(C)c2)ncc1C#N. The molecule has 0 spiro atoms. The second kappa shape index (κ2) is 7.11. The maximum absolute atomic E-state index is 12.5. The molecule has 3 aromatic rings. The molecule has 0 saturated carbocycles. The first-order chi connectivity index (χ1) is 13.6. The van der Waals surface area contributed by atoms with E-state index in [0.717, 1.165) is 5.56 Å². The number of nitrogens with zero attached hydrogens (tertiary/aromatic N) is 8. The quantitative estimate of drug-likeness (QED) is 0.665. The van der Waals surface area contributed by atoms with Crippen LogP contribution in [0.5, 0.6) is 0 Å². The molecule has 0 radical (unpaired) electrons. The molecule has 0 bridgehead atoms. The van der Waals surface area contributed by atoms with Crippen LogP contribution in [0.2, 0.25) is 0 Å². The predicted octanol–water partition coefficient (Wildman–Crippen LogP) is 1.09. The maximum atomic E-state index is 12.5. The van der Waals surface area contributed by atoms with Crippen molar-refractivity contribution in [1.29, 1.82) is 5.26 Å². The van der Waals surface area contributed by atoms with Crippen LogP contribution in [0.1, 0.15) is 23.0 Å². The van der Waals surface area contributed by atoms with E-state index in [0.29, 0.717) is 42.5 Å². The standard InChI is InChI=1S/C18H18N8O2/c1-12-8-25(18(27)15-10-28-11-21-15)3-4-26(12)17-13(5-19)6-20-16(23-17)14-7-22-24(2)9-14/h6-7,9-12H,3-4,8H2,1-2H3. The van der Waals surface area contributed by atoms with E-state index in [4.69, 9.17) is 4.42 Å². The molecular weight excluding hydrogens is 360 g/mol. The Balaban J connectivity index is 1.59. The van der Waals surface area contributed by atoms with Crippen molar-refractivity contribution in [1.82, 2.24) is 29.6 Å². The molecule has 1 saturated heterocycles. The second-order valence-corrected chi connectivity index (χ2v) is 6.61. The molecule has 28 heavy (non-hydrogen) atoms. The number of hydrogen-bond acceptors (Lipinski definition) is 8.